The largest absolute Gasteiger partial charge is 0.417 e. The fourth-order valence-electron chi connectivity index (χ4n) is 2.63. The van der Waals surface area contributed by atoms with E-state index in [9.17, 15) is 32.9 Å². The molecule has 0 saturated heterocycles. The Balaban J connectivity index is 2.09. The molecular formula is C18H16ClF3N4O4. The van der Waals surface area contributed by atoms with Crippen LogP contribution in [-0.2, 0) is 17.5 Å². The molecule has 0 fully saturated rings. The molecule has 30 heavy (non-hydrogen) atoms. The molecule has 8 nitrogen and oxygen atoms in total. The highest BCUT2D eigenvalue weighted by molar-refractivity contribution is 6.31. The maximum absolute atomic E-state index is 12.9. The third-order valence-corrected chi connectivity index (χ3v) is 4.31. The summed E-state index contributed by atoms with van der Waals surface area (Å²) in [4.78, 5) is 35.3. The summed E-state index contributed by atoms with van der Waals surface area (Å²) in [5, 5.41) is 13.1. The minimum Gasteiger partial charge on any atom is -0.366 e. The van der Waals surface area contributed by atoms with Crippen molar-refractivity contribution in [3.05, 3.63) is 68.2 Å². The first-order valence-electron chi connectivity index (χ1n) is 8.30. The monoisotopic (exact) mass is 444 g/mol. The van der Waals surface area contributed by atoms with Crippen LogP contribution in [0.3, 0.4) is 0 Å². The number of nitro groups is 1. The number of nitrogens with two attached hydrogens (primary N) is 1. The number of hydrogen-bond donors (Lipinski definition) is 2. The molecule has 0 spiro atoms. The molecule has 0 unspecified atom stereocenters. The molecule has 2 aromatic carbocycles. The van der Waals surface area contributed by atoms with Crippen molar-refractivity contribution in [3.8, 4) is 0 Å². The first-order chi connectivity index (χ1) is 13.9. The third-order valence-electron chi connectivity index (χ3n) is 3.98. The second kappa shape index (κ2) is 9.09. The van der Waals surface area contributed by atoms with Crippen LogP contribution in [0.1, 0.15) is 21.5 Å². The predicted molar refractivity (Wildman–Crippen MR) is 103 cm³/mol. The van der Waals surface area contributed by atoms with Gasteiger partial charge in [0.05, 0.1) is 22.1 Å². The Morgan fingerprint density at radius 1 is 1.23 bits per heavy atom. The first kappa shape index (κ1) is 23.1. The van der Waals surface area contributed by atoms with Crippen LogP contribution in [0.4, 0.5) is 24.5 Å². The van der Waals surface area contributed by atoms with Gasteiger partial charge in [0.1, 0.15) is 0 Å². The van der Waals surface area contributed by atoms with E-state index in [0.717, 1.165) is 12.1 Å². The van der Waals surface area contributed by atoms with Crippen LogP contribution in [0.5, 0.6) is 0 Å². The Kier molecular flexibility index (Phi) is 7.00. The number of nitrogens with one attached hydrogen (secondary N) is 1. The number of likely N-dealkylation sites (N-methyl/N-ethyl adjacent to an activating group) is 1. The van der Waals surface area contributed by atoms with Crippen LogP contribution in [0.25, 0.3) is 0 Å². The van der Waals surface area contributed by atoms with Crippen molar-refractivity contribution in [2.24, 2.45) is 5.73 Å². The van der Waals surface area contributed by atoms with Crippen molar-refractivity contribution >= 4 is 34.8 Å². The maximum Gasteiger partial charge on any atom is 0.417 e. The van der Waals surface area contributed by atoms with E-state index in [1.807, 2.05) is 0 Å². The zero-order valence-corrected chi connectivity index (χ0v) is 16.3. The van der Waals surface area contributed by atoms with Gasteiger partial charge in [0.15, 0.2) is 0 Å². The highest BCUT2D eigenvalue weighted by Gasteiger charge is 2.33. The Hall–Kier alpha value is -3.18. The first-order valence-corrected chi connectivity index (χ1v) is 8.68. The van der Waals surface area contributed by atoms with Crippen molar-refractivity contribution in [3.63, 3.8) is 0 Å². The van der Waals surface area contributed by atoms with E-state index in [0.29, 0.717) is 6.07 Å². The summed E-state index contributed by atoms with van der Waals surface area (Å²) in [5.74, 6) is -1.46. The summed E-state index contributed by atoms with van der Waals surface area (Å²) < 4.78 is 38.7. The number of primary amides is 1. The molecular weight excluding hydrogens is 429 g/mol. The smallest absolute Gasteiger partial charge is 0.366 e. The van der Waals surface area contributed by atoms with E-state index < -0.39 is 33.5 Å². The summed E-state index contributed by atoms with van der Waals surface area (Å²) in [6.07, 6.45) is -4.68. The second-order valence-corrected chi connectivity index (χ2v) is 6.78. The average molecular weight is 445 g/mol. The molecule has 2 amide bonds. The highest BCUT2D eigenvalue weighted by Crippen LogP contribution is 2.36. The number of rotatable bonds is 7. The van der Waals surface area contributed by atoms with Gasteiger partial charge in [-0.2, -0.15) is 13.2 Å². The average Bonchev–Trinajstić information content (AvgIpc) is 2.62. The van der Waals surface area contributed by atoms with Crippen LogP contribution < -0.4 is 11.1 Å². The number of amides is 2. The van der Waals surface area contributed by atoms with Gasteiger partial charge in [-0.05, 0) is 31.3 Å². The number of halogens is 4. The van der Waals surface area contributed by atoms with Gasteiger partial charge in [0, 0.05) is 29.4 Å². The summed E-state index contributed by atoms with van der Waals surface area (Å²) in [6.45, 7) is -0.296. The molecule has 0 aliphatic rings. The van der Waals surface area contributed by atoms with Gasteiger partial charge in [0.2, 0.25) is 11.8 Å². The van der Waals surface area contributed by atoms with Gasteiger partial charge in [-0.25, -0.2) is 0 Å². The zero-order valence-electron chi connectivity index (χ0n) is 15.5. The number of nitro benzene ring substituents is 1. The van der Waals surface area contributed by atoms with Crippen molar-refractivity contribution in [2.45, 2.75) is 12.7 Å². The normalized spacial score (nSPS) is 11.4. The molecule has 0 atom stereocenters. The lowest BCUT2D eigenvalue weighted by Gasteiger charge is -2.17. The summed E-state index contributed by atoms with van der Waals surface area (Å²) in [5.41, 5.74) is 3.79. The Morgan fingerprint density at radius 2 is 1.90 bits per heavy atom. The van der Waals surface area contributed by atoms with Crippen molar-refractivity contribution in [2.75, 3.05) is 18.9 Å². The minimum atomic E-state index is -4.68. The molecule has 0 heterocycles. The molecule has 160 valence electrons. The van der Waals surface area contributed by atoms with E-state index in [1.165, 1.54) is 30.1 Å². The van der Waals surface area contributed by atoms with E-state index in [4.69, 9.17) is 17.3 Å². The van der Waals surface area contributed by atoms with Crippen LogP contribution in [-0.4, -0.2) is 35.2 Å². The molecule has 0 aliphatic heterocycles. The number of carbonyl (C=O) groups excluding carboxylic acids is 2. The predicted octanol–water partition coefficient (Wildman–Crippen LogP) is 3.44. The summed E-state index contributed by atoms with van der Waals surface area (Å²) in [6, 6.07) is 6.67. The Bertz CT molecular complexity index is 998. The van der Waals surface area contributed by atoms with E-state index in [1.54, 1.807) is 0 Å². The molecule has 0 aromatic heterocycles. The van der Waals surface area contributed by atoms with E-state index >= 15 is 0 Å². The number of anilines is 1. The minimum absolute atomic E-state index is 0.0306. The lowest BCUT2D eigenvalue weighted by Crippen LogP contribution is -2.30. The van der Waals surface area contributed by atoms with Gasteiger partial charge in [-0.3, -0.25) is 24.6 Å². The van der Waals surface area contributed by atoms with Gasteiger partial charge in [-0.15, -0.1) is 0 Å². The number of alkyl halides is 3. The van der Waals surface area contributed by atoms with Gasteiger partial charge >= 0.3 is 6.18 Å². The van der Waals surface area contributed by atoms with Crippen molar-refractivity contribution in [1.29, 1.82) is 0 Å². The Morgan fingerprint density at radius 3 is 2.47 bits per heavy atom. The molecule has 12 heteroatoms. The fraction of sp³-hybridized carbons (Fsp3) is 0.222. The van der Waals surface area contributed by atoms with Crippen LogP contribution >= 0.6 is 11.6 Å². The van der Waals surface area contributed by atoms with Gasteiger partial charge in [0.25, 0.3) is 5.69 Å². The number of benzene rings is 2. The van der Waals surface area contributed by atoms with Crippen molar-refractivity contribution < 1.29 is 27.7 Å². The highest BCUT2D eigenvalue weighted by atomic mass is 35.5. The molecule has 0 bridgehead atoms. The molecule has 0 saturated carbocycles. The molecule has 0 aliphatic carbocycles. The summed E-state index contributed by atoms with van der Waals surface area (Å²) in [7, 11) is 1.49. The second-order valence-electron chi connectivity index (χ2n) is 6.38. The molecule has 2 rings (SSSR count). The maximum atomic E-state index is 12.9. The number of hydrogen-bond acceptors (Lipinski definition) is 5. The Labute approximate surface area is 173 Å². The standard InChI is InChI=1S/C18H16ClF3N4O4/c1-25(8-11-3-2-10(17(23)28)6-15(11)26(29)30)9-16(27)24-12-4-5-14(19)13(7-12)18(20,21)22/h2-7H,8-9H2,1H3,(H2,23,28)(H,24,27). The van der Waals surface area contributed by atoms with Crippen LogP contribution in [0, 0.1) is 10.1 Å². The zero-order chi connectivity index (χ0) is 22.6. The fourth-order valence-corrected chi connectivity index (χ4v) is 2.86. The molecule has 0 radical (unpaired) electrons. The lowest BCUT2D eigenvalue weighted by molar-refractivity contribution is -0.385. The topological polar surface area (TPSA) is 119 Å². The third kappa shape index (κ3) is 5.91. The van der Waals surface area contributed by atoms with Gasteiger partial charge < -0.3 is 11.1 Å². The van der Waals surface area contributed by atoms with E-state index in [-0.39, 0.29) is 35.6 Å². The van der Waals surface area contributed by atoms with E-state index in [2.05, 4.69) is 5.32 Å². The summed E-state index contributed by atoms with van der Waals surface area (Å²) >= 11 is 5.54. The quantitative estimate of drug-likeness (QED) is 0.501. The number of carbonyl (C=O) groups is 2. The number of nitrogens with zero attached hydrogens (tertiary/aromatic N) is 2. The molecule has 3 N–H and O–H groups in total. The van der Waals surface area contributed by atoms with Crippen LogP contribution in [0.2, 0.25) is 5.02 Å². The molecule has 2 aromatic rings. The lowest BCUT2D eigenvalue weighted by atomic mass is 10.1. The van der Waals surface area contributed by atoms with Crippen LogP contribution in [0.15, 0.2) is 36.4 Å². The van der Waals surface area contributed by atoms with Crippen molar-refractivity contribution in [1.82, 2.24) is 4.90 Å². The SMILES string of the molecule is CN(CC(=O)Nc1ccc(Cl)c(C(F)(F)F)c1)Cc1ccc(C(N)=O)cc1[N+](=O)[O-]. The van der Waals surface area contributed by atoms with Gasteiger partial charge in [-0.1, -0.05) is 17.7 Å².